The third-order valence-corrected chi connectivity index (χ3v) is 6.00. The second-order valence-corrected chi connectivity index (χ2v) is 8.51. The molecule has 32 heavy (non-hydrogen) atoms. The van der Waals surface area contributed by atoms with Gasteiger partial charge in [-0.3, -0.25) is 10.1 Å². The van der Waals surface area contributed by atoms with E-state index in [2.05, 4.69) is 42.9 Å². The lowest BCUT2D eigenvalue weighted by molar-refractivity contribution is 0.489. The van der Waals surface area contributed by atoms with Crippen molar-refractivity contribution in [3.05, 3.63) is 66.0 Å². The van der Waals surface area contributed by atoms with Crippen molar-refractivity contribution < 1.29 is 0 Å². The molecule has 0 unspecified atom stereocenters. The molecule has 1 aliphatic rings. The van der Waals surface area contributed by atoms with Gasteiger partial charge in [-0.25, -0.2) is 4.98 Å². The second-order valence-electron chi connectivity index (χ2n) is 8.51. The Morgan fingerprint density at radius 1 is 1.19 bits per heavy atom. The average molecular weight is 432 g/mol. The molecular weight excluding hydrogens is 398 g/mol. The maximum atomic E-state index is 5.86. The molecule has 0 aliphatic heterocycles. The molecule has 1 aliphatic carbocycles. The Morgan fingerprint density at radius 2 is 2.03 bits per heavy atom. The number of aromatic nitrogens is 4. The highest BCUT2D eigenvalue weighted by atomic mass is 15.1. The Kier molecular flexibility index (Phi) is 7.51. The summed E-state index contributed by atoms with van der Waals surface area (Å²) in [7, 11) is 0. The van der Waals surface area contributed by atoms with Crippen LogP contribution in [0.15, 0.2) is 54.8 Å². The largest absolute Gasteiger partial charge is 0.398 e. The molecule has 3 aromatic rings. The van der Waals surface area contributed by atoms with Gasteiger partial charge in [-0.15, -0.1) is 0 Å². The fourth-order valence-electron chi connectivity index (χ4n) is 4.30. The Balaban J connectivity index is 1.41. The summed E-state index contributed by atoms with van der Waals surface area (Å²) in [6, 6.07) is 4.35. The molecule has 4 rings (SSSR count). The predicted octanol–water partition coefficient (Wildman–Crippen LogP) is 3.81. The lowest BCUT2D eigenvalue weighted by Gasteiger charge is -2.11. The van der Waals surface area contributed by atoms with Crippen LogP contribution in [0.25, 0.3) is 22.2 Å². The van der Waals surface area contributed by atoms with E-state index < -0.39 is 0 Å². The highest BCUT2D eigenvalue weighted by molar-refractivity contribution is 5.83. The number of H-pyrrole nitrogens is 1. The first-order chi connectivity index (χ1) is 15.7. The smallest absolute Gasteiger partial charge is 0.181 e. The van der Waals surface area contributed by atoms with Gasteiger partial charge in [0.2, 0.25) is 0 Å². The molecule has 0 radical (unpaired) electrons. The van der Waals surface area contributed by atoms with E-state index in [1.807, 2.05) is 43.9 Å². The number of rotatable bonds is 10. The quantitative estimate of drug-likeness (QED) is 0.287. The van der Waals surface area contributed by atoms with Crippen LogP contribution in [0.1, 0.15) is 43.9 Å². The fraction of sp³-hybridized carbons (Fsp3) is 0.400. The van der Waals surface area contributed by atoms with Crippen molar-refractivity contribution in [3.63, 3.8) is 0 Å². The van der Waals surface area contributed by atoms with E-state index in [1.54, 1.807) is 0 Å². The first kappa shape index (κ1) is 22.0. The summed E-state index contributed by atoms with van der Waals surface area (Å²) in [4.78, 5) is 9.02. The van der Waals surface area contributed by atoms with Gasteiger partial charge < -0.3 is 16.4 Å². The summed E-state index contributed by atoms with van der Waals surface area (Å²) in [5.41, 5.74) is 11.7. The van der Waals surface area contributed by atoms with E-state index in [0.29, 0.717) is 5.70 Å². The fourth-order valence-corrected chi connectivity index (χ4v) is 4.30. The summed E-state index contributed by atoms with van der Waals surface area (Å²) < 4.78 is 0. The van der Waals surface area contributed by atoms with Crippen molar-refractivity contribution in [3.8, 4) is 11.1 Å². The van der Waals surface area contributed by atoms with Crippen molar-refractivity contribution in [1.29, 1.82) is 0 Å². The molecule has 0 bridgehead atoms. The van der Waals surface area contributed by atoms with Crippen LogP contribution in [0.3, 0.4) is 0 Å². The molecule has 7 nitrogen and oxygen atoms in total. The minimum Gasteiger partial charge on any atom is -0.398 e. The first-order valence-electron chi connectivity index (χ1n) is 11.5. The van der Waals surface area contributed by atoms with E-state index in [4.69, 9.17) is 5.73 Å². The third kappa shape index (κ3) is 5.73. The third-order valence-electron chi connectivity index (χ3n) is 6.00. The molecule has 5 N–H and O–H groups in total. The molecule has 168 valence electrons. The molecule has 3 aromatic heterocycles. The number of nitrogens with two attached hydrogens (primary N) is 1. The number of nitrogens with one attached hydrogen (secondary N) is 3. The van der Waals surface area contributed by atoms with E-state index in [1.165, 1.54) is 31.2 Å². The van der Waals surface area contributed by atoms with Crippen molar-refractivity contribution in [2.45, 2.75) is 45.6 Å². The normalized spacial score (nSPS) is 15.2. The summed E-state index contributed by atoms with van der Waals surface area (Å²) in [5, 5.41) is 15.4. The van der Waals surface area contributed by atoms with Gasteiger partial charge in [-0.05, 0) is 56.0 Å². The number of allylic oxidation sites excluding steroid dienone is 2. The van der Waals surface area contributed by atoms with Crippen LogP contribution in [0.4, 0.5) is 0 Å². The number of hydrogen-bond acceptors (Lipinski definition) is 6. The van der Waals surface area contributed by atoms with Crippen LogP contribution >= 0.6 is 0 Å². The second kappa shape index (κ2) is 10.9. The minimum absolute atomic E-state index is 0.705. The minimum atomic E-state index is 0.705. The van der Waals surface area contributed by atoms with Crippen LogP contribution in [0.2, 0.25) is 0 Å². The highest BCUT2D eigenvalue weighted by Crippen LogP contribution is 2.25. The Bertz CT molecular complexity index is 1080. The number of hydrogen-bond donors (Lipinski definition) is 4. The maximum Gasteiger partial charge on any atom is 0.181 e. The van der Waals surface area contributed by atoms with Gasteiger partial charge in [0.1, 0.15) is 0 Å². The molecule has 0 atom stereocenters. The highest BCUT2D eigenvalue weighted by Gasteiger charge is 2.14. The molecule has 0 amide bonds. The van der Waals surface area contributed by atoms with E-state index in [9.17, 15) is 0 Å². The standard InChI is InChI=1S/C25H33N7/c1-2-5-22(26)17-27-9-8-24-23-11-21(16-30-25(23)32-31-24)20-10-19(14-29-15-20)13-28-12-18-6-3-4-7-18/h2,5,10-11,14-18,27-28H,3-4,6-9,12-13,26H2,1H3,(H,30,31,32)/b5-2-,22-17-. The monoisotopic (exact) mass is 431 g/mol. The van der Waals surface area contributed by atoms with Crippen LogP contribution in [-0.4, -0.2) is 33.3 Å². The number of fused-ring (bicyclic) bond motifs is 1. The van der Waals surface area contributed by atoms with E-state index in [-0.39, 0.29) is 0 Å². The predicted molar refractivity (Wildman–Crippen MR) is 130 cm³/mol. The van der Waals surface area contributed by atoms with Gasteiger partial charge in [0.15, 0.2) is 5.65 Å². The molecule has 0 spiro atoms. The number of pyridine rings is 2. The Hall–Kier alpha value is -3.19. The summed E-state index contributed by atoms with van der Waals surface area (Å²) in [6.45, 7) is 4.64. The molecular formula is C25H33N7. The zero-order valence-corrected chi connectivity index (χ0v) is 18.8. The SMILES string of the molecule is C/C=C\C(N)=C\NCCc1[nH]nc2ncc(-c3cncc(CNCC4CCCC4)c3)cc12. The van der Waals surface area contributed by atoms with Crippen molar-refractivity contribution in [2.75, 3.05) is 13.1 Å². The number of aromatic amines is 1. The topological polar surface area (TPSA) is 105 Å². The van der Waals surface area contributed by atoms with Gasteiger partial charge in [0.05, 0.1) is 0 Å². The van der Waals surface area contributed by atoms with Crippen LogP contribution in [0.5, 0.6) is 0 Å². The van der Waals surface area contributed by atoms with Crippen molar-refractivity contribution >= 4 is 11.0 Å². The molecule has 0 aromatic carbocycles. The van der Waals surface area contributed by atoms with Crippen molar-refractivity contribution in [1.82, 2.24) is 30.8 Å². The Labute approximate surface area is 189 Å². The summed E-state index contributed by atoms with van der Waals surface area (Å²) in [5.74, 6) is 0.835. The maximum absolute atomic E-state index is 5.86. The molecule has 0 saturated heterocycles. The van der Waals surface area contributed by atoms with Gasteiger partial charge in [-0.2, -0.15) is 5.10 Å². The number of nitrogens with zero attached hydrogens (tertiary/aromatic N) is 3. The van der Waals surface area contributed by atoms with E-state index >= 15 is 0 Å². The molecule has 7 heteroatoms. The van der Waals surface area contributed by atoms with Crippen LogP contribution in [0, 0.1) is 5.92 Å². The van der Waals surface area contributed by atoms with Crippen molar-refractivity contribution in [2.24, 2.45) is 11.7 Å². The zero-order chi connectivity index (χ0) is 22.2. The van der Waals surface area contributed by atoms with Gasteiger partial charge in [0, 0.05) is 72.2 Å². The lowest BCUT2D eigenvalue weighted by Crippen LogP contribution is -2.20. The van der Waals surface area contributed by atoms with Crippen LogP contribution in [-0.2, 0) is 13.0 Å². The summed E-state index contributed by atoms with van der Waals surface area (Å²) >= 11 is 0. The Morgan fingerprint density at radius 3 is 2.88 bits per heavy atom. The lowest BCUT2D eigenvalue weighted by atomic mass is 10.1. The van der Waals surface area contributed by atoms with Crippen LogP contribution < -0.4 is 16.4 Å². The van der Waals surface area contributed by atoms with Gasteiger partial charge in [-0.1, -0.05) is 18.9 Å². The molecule has 1 fully saturated rings. The summed E-state index contributed by atoms with van der Waals surface area (Å²) in [6.07, 6.45) is 17.6. The zero-order valence-electron chi connectivity index (χ0n) is 18.8. The average Bonchev–Trinajstić information content (AvgIpc) is 3.47. The van der Waals surface area contributed by atoms with Gasteiger partial charge in [0.25, 0.3) is 0 Å². The molecule has 3 heterocycles. The first-order valence-corrected chi connectivity index (χ1v) is 11.5. The van der Waals surface area contributed by atoms with E-state index in [0.717, 1.165) is 59.8 Å². The van der Waals surface area contributed by atoms with Gasteiger partial charge >= 0.3 is 0 Å². The molecule has 1 saturated carbocycles.